The summed E-state index contributed by atoms with van der Waals surface area (Å²) in [6, 6.07) is 17.2. The molecule has 32 heteroatoms. The number of fused-ring (bicyclic) bond motifs is 1. The molecule has 0 radical (unpaired) electrons. The van der Waals surface area contributed by atoms with Gasteiger partial charge in [0.25, 0.3) is 16.0 Å². The lowest BCUT2D eigenvalue weighted by molar-refractivity contribution is -0.434. The quantitative estimate of drug-likeness (QED) is 0.00765. The Bertz CT molecular complexity index is 3070. The normalized spacial score (nSPS) is 12.7. The largest absolute Gasteiger partial charge is 0.505 e. The van der Waals surface area contributed by atoms with Gasteiger partial charge < -0.3 is 16.2 Å². The van der Waals surface area contributed by atoms with E-state index in [9.17, 15) is 48.1 Å². The second-order valence-corrected chi connectivity index (χ2v) is 20.3. The smallest absolute Gasteiger partial charge is 0.397 e. The molecule has 26 nitrogen and oxygen atoms in total. The highest BCUT2D eigenvalue weighted by Gasteiger charge is 2.26. The Kier molecular flexibility index (Phi) is 17.0. The Hall–Kier alpha value is -5.27. The molecular formula is C33H30N6O20S6. The van der Waals surface area contributed by atoms with E-state index in [1.807, 2.05) is 0 Å². The number of anilines is 2. The summed E-state index contributed by atoms with van der Waals surface area (Å²) >= 11 is 0.496. The van der Waals surface area contributed by atoms with Gasteiger partial charge in [0.2, 0.25) is 0 Å². The van der Waals surface area contributed by atoms with Crippen molar-refractivity contribution in [2.45, 2.75) is 19.6 Å². The van der Waals surface area contributed by atoms with Crippen LogP contribution in [0.3, 0.4) is 0 Å². The van der Waals surface area contributed by atoms with E-state index in [0.717, 1.165) is 30.3 Å². The molecule has 0 fully saturated rings. The van der Waals surface area contributed by atoms with Gasteiger partial charge in [0.1, 0.15) is 16.3 Å². The minimum Gasteiger partial charge on any atom is -0.505 e. The second-order valence-electron chi connectivity index (χ2n) is 12.4. The molecular weight excluding hydrogens is 993 g/mol. The molecule has 0 aliphatic rings. The monoisotopic (exact) mass is 1020 g/mol. The lowest BCUT2D eigenvalue weighted by Crippen LogP contribution is -2.15. The van der Waals surface area contributed by atoms with Gasteiger partial charge in [-0.2, -0.15) is 27.1 Å². The first-order valence-corrected chi connectivity index (χ1v) is 24.7. The van der Waals surface area contributed by atoms with Crippen molar-refractivity contribution >= 4 is 115 Å². The van der Waals surface area contributed by atoms with Crippen molar-refractivity contribution < 1.29 is 90.3 Å². The third-order valence-corrected chi connectivity index (χ3v) is 13.9. The molecule has 0 bridgehead atoms. The number of nitrogen functional groups attached to an aromatic ring is 1. The number of sulfone groups is 2. The van der Waals surface area contributed by atoms with Crippen LogP contribution in [0.5, 0.6) is 5.75 Å². The van der Waals surface area contributed by atoms with Gasteiger partial charge in [-0.05, 0) is 84.2 Å². The van der Waals surface area contributed by atoms with Gasteiger partial charge in [-0.15, -0.1) is 18.9 Å². The number of benzene rings is 5. The van der Waals surface area contributed by atoms with Gasteiger partial charge in [0.15, 0.2) is 37.7 Å². The van der Waals surface area contributed by atoms with Gasteiger partial charge in [-0.25, -0.2) is 31.5 Å². The molecule has 1 amide bonds. The minimum atomic E-state index is -5.12. The molecule has 0 aliphatic carbocycles. The maximum atomic E-state index is 13.0. The number of amides is 1. The number of hydrogen-bond acceptors (Lipinski definition) is 25. The first kappa shape index (κ1) is 50.7. The SMILES string of the molecule is Nc1c(N=Nc2ccc(S(=O)(=O)CCOS(=O)(=O)O)cc2)c(S(=O)(=O)O)cc2cc(SOOO)c(N=Nc3ccc(C(=O)Nc4cccc(S(=O)(=O)CCOSOOO)c4)cc3)c(O)c12. The van der Waals surface area contributed by atoms with Gasteiger partial charge in [0, 0.05) is 11.3 Å². The molecule has 8 N–H and O–H groups in total. The van der Waals surface area contributed by atoms with E-state index in [4.69, 9.17) is 25.0 Å². The Balaban J connectivity index is 1.41. The van der Waals surface area contributed by atoms with E-state index in [1.165, 1.54) is 54.6 Å². The molecule has 0 saturated carbocycles. The van der Waals surface area contributed by atoms with E-state index < -0.39 is 86.2 Å². The number of aromatic hydroxyl groups is 1. The number of nitrogens with one attached hydrogen (secondary N) is 1. The van der Waals surface area contributed by atoms with Crippen molar-refractivity contribution in [3.63, 3.8) is 0 Å². The van der Waals surface area contributed by atoms with E-state index in [2.05, 4.69) is 48.7 Å². The first-order valence-electron chi connectivity index (χ1n) is 17.2. The molecule has 0 aromatic heterocycles. The fourth-order valence-electron chi connectivity index (χ4n) is 5.30. The van der Waals surface area contributed by atoms with Crippen molar-refractivity contribution in [3.8, 4) is 5.75 Å². The van der Waals surface area contributed by atoms with Crippen LogP contribution in [0.15, 0.2) is 125 Å². The van der Waals surface area contributed by atoms with E-state index in [1.54, 1.807) is 0 Å². The lowest BCUT2D eigenvalue weighted by atomic mass is 10.1. The lowest BCUT2D eigenvalue weighted by Gasteiger charge is -2.14. The maximum absolute atomic E-state index is 13.0. The van der Waals surface area contributed by atoms with E-state index in [-0.39, 0.29) is 84.7 Å². The number of carbonyl (C=O) groups excluding carboxylic acids is 1. The van der Waals surface area contributed by atoms with Crippen LogP contribution < -0.4 is 11.1 Å². The zero-order valence-electron chi connectivity index (χ0n) is 32.1. The van der Waals surface area contributed by atoms with Crippen LogP contribution in [0, 0.1) is 0 Å². The van der Waals surface area contributed by atoms with Crippen LogP contribution in [-0.2, 0) is 67.3 Å². The summed E-state index contributed by atoms with van der Waals surface area (Å²) in [6.07, 6.45) is 0. The van der Waals surface area contributed by atoms with E-state index >= 15 is 0 Å². The number of rotatable bonds is 22. The first-order chi connectivity index (χ1) is 30.6. The third kappa shape index (κ3) is 13.9. The summed E-state index contributed by atoms with van der Waals surface area (Å²) in [4.78, 5) is 11.6. The fraction of sp³-hybridized carbons (Fsp3) is 0.121. The summed E-state index contributed by atoms with van der Waals surface area (Å²) in [6.45, 7) is -1.21. The average Bonchev–Trinajstić information content (AvgIpc) is 3.24. The Morgan fingerprint density at radius 2 is 1.31 bits per heavy atom. The van der Waals surface area contributed by atoms with Crippen LogP contribution in [0.25, 0.3) is 10.8 Å². The molecule has 0 saturated heterocycles. The number of azo groups is 2. The predicted octanol–water partition coefficient (Wildman–Crippen LogP) is 6.25. The molecule has 0 atom stereocenters. The number of carbonyl (C=O) groups is 1. The molecule has 5 aromatic rings. The molecule has 5 rings (SSSR count). The fourth-order valence-corrected chi connectivity index (χ4v) is 9.41. The van der Waals surface area contributed by atoms with Crippen LogP contribution >= 0.6 is 24.4 Å². The zero-order chi connectivity index (χ0) is 47.6. The third-order valence-electron chi connectivity index (χ3n) is 8.18. The Morgan fingerprint density at radius 1 is 0.708 bits per heavy atom. The van der Waals surface area contributed by atoms with Crippen LogP contribution in [-0.4, -0.2) is 89.0 Å². The zero-order valence-corrected chi connectivity index (χ0v) is 37.0. The van der Waals surface area contributed by atoms with Crippen LogP contribution in [0.1, 0.15) is 10.4 Å². The summed E-state index contributed by atoms with van der Waals surface area (Å²) in [7, 11) is -18.0. The molecule has 65 heavy (non-hydrogen) atoms. The number of phenols is 1. The number of phenolic OH excluding ortho intramolecular Hbond substituents is 1. The summed E-state index contributed by atoms with van der Waals surface area (Å²) < 4.78 is 133. The molecule has 348 valence electrons. The van der Waals surface area contributed by atoms with Gasteiger partial charge in [0.05, 0.1) is 73.9 Å². The van der Waals surface area contributed by atoms with Crippen molar-refractivity contribution in [1.29, 1.82) is 0 Å². The Labute approximate surface area is 375 Å². The van der Waals surface area contributed by atoms with Gasteiger partial charge in [-0.1, -0.05) is 16.1 Å². The van der Waals surface area contributed by atoms with Crippen molar-refractivity contribution in [1.82, 2.24) is 0 Å². The van der Waals surface area contributed by atoms with Gasteiger partial charge >= 0.3 is 10.4 Å². The number of nitrogens with zero attached hydrogens (tertiary/aromatic N) is 4. The van der Waals surface area contributed by atoms with Crippen molar-refractivity contribution in [3.05, 3.63) is 90.5 Å². The Morgan fingerprint density at radius 3 is 1.92 bits per heavy atom. The number of nitrogens with two attached hydrogens (primary N) is 1. The molecule has 0 heterocycles. The average molecular weight is 1020 g/mol. The van der Waals surface area contributed by atoms with Crippen molar-refractivity contribution in [2.75, 3.05) is 35.8 Å². The highest BCUT2D eigenvalue weighted by molar-refractivity contribution is 7.94. The summed E-state index contributed by atoms with van der Waals surface area (Å²) in [5.74, 6) is -2.70. The topological polar surface area (TPSA) is 398 Å². The standard InChI is InChI=1S/C33H30N6O20S6/c34-29-28-20(17-27(64(48,49)50)31(29)39-37-22-8-10-24(11-9-22)62(44,45)15-13-55-65(51,52)53)16-26(60-58-56-42)30(32(28)40)38-36-21-6-4-19(5-7-21)33(41)35-23-2-1-3-25(18-23)63(46,47)14-12-54-61-59-57-43/h1-11,16-18,40,42-43H,12-15,34H2,(H,35,41)(H,48,49,50)(H,51,52,53). The molecule has 0 unspecified atom stereocenters. The van der Waals surface area contributed by atoms with Gasteiger partial charge in [-0.3, -0.25) is 18.1 Å². The highest BCUT2D eigenvalue weighted by Crippen LogP contribution is 2.49. The predicted molar refractivity (Wildman–Crippen MR) is 226 cm³/mol. The van der Waals surface area contributed by atoms with Crippen LogP contribution in [0.4, 0.5) is 34.1 Å². The summed E-state index contributed by atoms with van der Waals surface area (Å²) in [5, 5.41) is 53.4. The van der Waals surface area contributed by atoms with E-state index in [0.29, 0.717) is 0 Å². The minimum absolute atomic E-state index is 0.0739. The molecule has 5 aromatic carbocycles. The van der Waals surface area contributed by atoms with Crippen LogP contribution in [0.2, 0.25) is 0 Å². The molecule has 0 spiro atoms. The van der Waals surface area contributed by atoms with Crippen molar-refractivity contribution in [2.24, 2.45) is 20.5 Å². The second kappa shape index (κ2) is 21.8. The summed E-state index contributed by atoms with van der Waals surface area (Å²) in [5.41, 5.74) is 4.97. The highest BCUT2D eigenvalue weighted by atomic mass is 32.3. The number of hydrogen-bond donors (Lipinski definition) is 7. The molecule has 0 aliphatic heterocycles. The maximum Gasteiger partial charge on any atom is 0.397 e.